The molecule has 0 aliphatic heterocycles. The fraction of sp³-hybridized carbons (Fsp3) is 0.300. The second-order valence-corrected chi connectivity index (χ2v) is 5.82. The summed E-state index contributed by atoms with van der Waals surface area (Å²) in [5.41, 5.74) is 3.08. The van der Waals surface area contributed by atoms with Gasteiger partial charge in [0.05, 0.1) is 12.2 Å². The molecule has 0 spiro atoms. The summed E-state index contributed by atoms with van der Waals surface area (Å²) in [6, 6.07) is 12.4. The Morgan fingerprint density at radius 2 is 1.76 bits per heavy atom. The Bertz CT molecular complexity index is 753. The highest BCUT2D eigenvalue weighted by molar-refractivity contribution is 5.95. The lowest BCUT2D eigenvalue weighted by Crippen LogP contribution is -2.30. The lowest BCUT2D eigenvalue weighted by molar-refractivity contribution is -0.122. The predicted molar refractivity (Wildman–Crippen MR) is 97.0 cm³/mol. The summed E-state index contributed by atoms with van der Waals surface area (Å²) in [6.45, 7) is 7.69. The first-order chi connectivity index (χ1) is 11.9. The molecule has 5 nitrogen and oxygen atoms in total. The predicted octanol–water partition coefficient (Wildman–Crippen LogP) is 3.89. The molecule has 0 fully saturated rings. The number of rotatable bonds is 6. The third kappa shape index (κ3) is 5.08. The van der Waals surface area contributed by atoms with Crippen molar-refractivity contribution < 1.29 is 19.1 Å². The molecule has 1 amide bonds. The van der Waals surface area contributed by atoms with Crippen LogP contribution in [0.1, 0.15) is 35.3 Å². The number of carbonyl (C=O) groups excluding carboxylic acids is 2. The number of amides is 1. The molecule has 0 saturated heterocycles. The monoisotopic (exact) mass is 341 g/mol. The second-order valence-electron chi connectivity index (χ2n) is 5.82. The van der Waals surface area contributed by atoms with Gasteiger partial charge in [0.1, 0.15) is 5.75 Å². The summed E-state index contributed by atoms with van der Waals surface area (Å²) in [4.78, 5) is 23.9. The van der Waals surface area contributed by atoms with Gasteiger partial charge in [-0.3, -0.25) is 4.79 Å². The molecule has 25 heavy (non-hydrogen) atoms. The number of hydrogen-bond donors (Lipinski definition) is 1. The van der Waals surface area contributed by atoms with Gasteiger partial charge in [-0.15, -0.1) is 0 Å². The van der Waals surface area contributed by atoms with E-state index in [1.165, 1.54) is 0 Å². The van der Waals surface area contributed by atoms with E-state index < -0.39 is 6.10 Å². The van der Waals surface area contributed by atoms with Gasteiger partial charge in [-0.05, 0) is 69.2 Å². The molecule has 0 aliphatic carbocycles. The Labute approximate surface area is 148 Å². The van der Waals surface area contributed by atoms with Gasteiger partial charge in [-0.1, -0.05) is 12.1 Å². The van der Waals surface area contributed by atoms with E-state index in [2.05, 4.69) is 5.32 Å². The van der Waals surface area contributed by atoms with Gasteiger partial charge in [0.2, 0.25) is 0 Å². The van der Waals surface area contributed by atoms with Crippen molar-refractivity contribution in [1.29, 1.82) is 0 Å². The average molecular weight is 341 g/mol. The zero-order valence-corrected chi connectivity index (χ0v) is 15.0. The maximum Gasteiger partial charge on any atom is 0.338 e. The van der Waals surface area contributed by atoms with E-state index in [-0.39, 0.29) is 11.9 Å². The lowest BCUT2D eigenvalue weighted by Gasteiger charge is -2.17. The molecular formula is C20H23NO4. The fourth-order valence-corrected chi connectivity index (χ4v) is 2.23. The highest BCUT2D eigenvalue weighted by atomic mass is 16.5. The van der Waals surface area contributed by atoms with Gasteiger partial charge in [0.15, 0.2) is 6.10 Å². The van der Waals surface area contributed by atoms with Crippen LogP contribution in [0.15, 0.2) is 42.5 Å². The van der Waals surface area contributed by atoms with Crippen LogP contribution >= 0.6 is 0 Å². The first kappa shape index (κ1) is 18.5. The average Bonchev–Trinajstić information content (AvgIpc) is 2.59. The largest absolute Gasteiger partial charge is 0.481 e. The number of aryl methyl sites for hydroxylation is 2. The van der Waals surface area contributed by atoms with E-state index >= 15 is 0 Å². The lowest BCUT2D eigenvalue weighted by atomic mass is 10.1. The van der Waals surface area contributed by atoms with Crippen LogP contribution in [0.3, 0.4) is 0 Å². The van der Waals surface area contributed by atoms with E-state index in [0.29, 0.717) is 23.6 Å². The topological polar surface area (TPSA) is 64.6 Å². The van der Waals surface area contributed by atoms with Gasteiger partial charge in [0, 0.05) is 5.69 Å². The summed E-state index contributed by atoms with van der Waals surface area (Å²) in [5, 5.41) is 2.78. The molecule has 0 aliphatic rings. The van der Waals surface area contributed by atoms with Crippen molar-refractivity contribution in [2.75, 3.05) is 11.9 Å². The zero-order chi connectivity index (χ0) is 18.4. The van der Waals surface area contributed by atoms with Crippen molar-refractivity contribution in [2.45, 2.75) is 33.8 Å². The molecule has 2 rings (SSSR count). The van der Waals surface area contributed by atoms with Crippen LogP contribution in [-0.4, -0.2) is 24.6 Å². The molecule has 5 heteroatoms. The van der Waals surface area contributed by atoms with Crippen LogP contribution in [0.5, 0.6) is 5.75 Å². The van der Waals surface area contributed by atoms with Crippen LogP contribution in [0, 0.1) is 13.8 Å². The van der Waals surface area contributed by atoms with Crippen molar-refractivity contribution in [3.8, 4) is 5.75 Å². The second kappa shape index (κ2) is 8.33. The summed E-state index contributed by atoms with van der Waals surface area (Å²) in [7, 11) is 0. The first-order valence-corrected chi connectivity index (χ1v) is 8.22. The molecule has 132 valence electrons. The number of anilines is 1. The van der Waals surface area contributed by atoms with Crippen LogP contribution in [0.2, 0.25) is 0 Å². The minimum atomic E-state index is -0.648. The molecule has 0 aromatic heterocycles. The molecule has 0 bridgehead atoms. The molecule has 0 saturated carbocycles. The van der Waals surface area contributed by atoms with Crippen LogP contribution in [0.4, 0.5) is 5.69 Å². The van der Waals surface area contributed by atoms with Gasteiger partial charge < -0.3 is 14.8 Å². The fourth-order valence-electron chi connectivity index (χ4n) is 2.23. The maximum atomic E-state index is 12.3. The normalized spacial score (nSPS) is 11.5. The molecule has 0 unspecified atom stereocenters. The molecule has 2 aromatic rings. The summed E-state index contributed by atoms with van der Waals surface area (Å²) >= 11 is 0. The number of benzene rings is 2. The Kier molecular flexibility index (Phi) is 6.17. The van der Waals surface area contributed by atoms with Crippen molar-refractivity contribution in [3.63, 3.8) is 0 Å². The van der Waals surface area contributed by atoms with Crippen molar-refractivity contribution in [1.82, 2.24) is 0 Å². The van der Waals surface area contributed by atoms with Gasteiger partial charge >= 0.3 is 5.97 Å². The van der Waals surface area contributed by atoms with E-state index in [9.17, 15) is 9.59 Å². The van der Waals surface area contributed by atoms with Crippen molar-refractivity contribution in [3.05, 3.63) is 59.2 Å². The van der Waals surface area contributed by atoms with E-state index in [1.807, 2.05) is 32.0 Å². The minimum Gasteiger partial charge on any atom is -0.481 e. The number of hydrogen-bond acceptors (Lipinski definition) is 4. The third-order valence-corrected chi connectivity index (χ3v) is 3.68. The van der Waals surface area contributed by atoms with E-state index in [0.717, 1.165) is 11.1 Å². The van der Waals surface area contributed by atoms with Crippen molar-refractivity contribution in [2.24, 2.45) is 0 Å². The summed E-state index contributed by atoms with van der Waals surface area (Å²) < 4.78 is 10.7. The number of ether oxygens (including phenoxy) is 2. The standard InChI is InChI=1S/C20H23NO4/c1-5-24-20(23)16-8-10-17(11-9-16)21-19(22)15(4)25-18-12-13(2)6-7-14(18)3/h6-12,15H,5H2,1-4H3,(H,21,22)/t15-/m0/s1. The maximum absolute atomic E-state index is 12.3. The Morgan fingerprint density at radius 1 is 1.08 bits per heavy atom. The molecule has 1 N–H and O–H groups in total. The number of esters is 1. The van der Waals surface area contributed by atoms with E-state index in [1.54, 1.807) is 38.1 Å². The summed E-state index contributed by atoms with van der Waals surface area (Å²) in [6.07, 6.45) is -0.648. The van der Waals surface area contributed by atoms with Gasteiger partial charge in [-0.25, -0.2) is 4.79 Å². The molecule has 1 atom stereocenters. The Morgan fingerprint density at radius 3 is 2.40 bits per heavy atom. The molecular weight excluding hydrogens is 318 g/mol. The van der Waals surface area contributed by atoms with Crippen molar-refractivity contribution >= 4 is 17.6 Å². The summed E-state index contributed by atoms with van der Waals surface area (Å²) in [5.74, 6) is 0.0529. The van der Waals surface area contributed by atoms with Gasteiger partial charge in [-0.2, -0.15) is 0 Å². The molecule has 2 aromatic carbocycles. The number of carbonyl (C=O) groups is 2. The SMILES string of the molecule is CCOC(=O)c1ccc(NC(=O)[C@H](C)Oc2cc(C)ccc2C)cc1. The molecule has 0 radical (unpaired) electrons. The quantitative estimate of drug-likeness (QED) is 0.810. The van der Waals surface area contributed by atoms with Crippen LogP contribution in [-0.2, 0) is 9.53 Å². The van der Waals surface area contributed by atoms with Gasteiger partial charge in [0.25, 0.3) is 5.91 Å². The first-order valence-electron chi connectivity index (χ1n) is 8.22. The van der Waals surface area contributed by atoms with E-state index in [4.69, 9.17) is 9.47 Å². The van der Waals surface area contributed by atoms with Crippen LogP contribution < -0.4 is 10.1 Å². The highest BCUT2D eigenvalue weighted by Gasteiger charge is 2.16. The third-order valence-electron chi connectivity index (χ3n) is 3.68. The number of nitrogens with one attached hydrogen (secondary N) is 1. The highest BCUT2D eigenvalue weighted by Crippen LogP contribution is 2.21. The molecule has 0 heterocycles. The Balaban J connectivity index is 1.99. The zero-order valence-electron chi connectivity index (χ0n) is 15.0. The Hall–Kier alpha value is -2.82. The van der Waals surface area contributed by atoms with Crippen LogP contribution in [0.25, 0.3) is 0 Å². The smallest absolute Gasteiger partial charge is 0.338 e. The minimum absolute atomic E-state index is 0.259.